The second-order valence-corrected chi connectivity index (χ2v) is 8.71. The molecular formula is C18H16Cl2N2O3S. The van der Waals surface area contributed by atoms with E-state index in [1.807, 2.05) is 13.8 Å². The van der Waals surface area contributed by atoms with Crippen LogP contribution in [0.1, 0.15) is 19.4 Å². The van der Waals surface area contributed by atoms with Gasteiger partial charge in [-0.1, -0.05) is 49.2 Å². The normalized spacial score (nSPS) is 25.0. The average molecular weight is 411 g/mol. The fourth-order valence-corrected chi connectivity index (χ4v) is 3.92. The highest BCUT2D eigenvalue weighted by Gasteiger charge is 2.61. The van der Waals surface area contributed by atoms with Crippen molar-refractivity contribution >= 4 is 58.1 Å². The fourth-order valence-electron chi connectivity index (χ4n) is 2.96. The average Bonchev–Trinajstić information content (AvgIpc) is 2.91. The molecule has 0 spiro atoms. The molecule has 0 unspecified atom stereocenters. The summed E-state index contributed by atoms with van der Waals surface area (Å²) >= 11 is 12.5. The number of benzene rings is 1. The van der Waals surface area contributed by atoms with Crippen molar-refractivity contribution < 1.29 is 14.3 Å². The lowest BCUT2D eigenvalue weighted by Crippen LogP contribution is -2.13. The van der Waals surface area contributed by atoms with Crippen LogP contribution in [0.2, 0.25) is 0 Å². The van der Waals surface area contributed by atoms with Crippen LogP contribution in [0.25, 0.3) is 6.08 Å². The maximum Gasteiger partial charge on any atom is 0.315 e. The third-order valence-corrected chi connectivity index (χ3v) is 5.57. The van der Waals surface area contributed by atoms with E-state index in [-0.39, 0.29) is 38.8 Å². The lowest BCUT2D eigenvalue weighted by atomic mass is 10.1. The van der Waals surface area contributed by atoms with E-state index < -0.39 is 0 Å². The SMILES string of the molecule is CC1(C)[C@@H](C=C(Cl)Cl)[C@@H]1C(=O)Oc1ccc(/C=C2/SC(N)=NC2=O)cc1. The Morgan fingerprint density at radius 2 is 1.96 bits per heavy atom. The van der Waals surface area contributed by atoms with Gasteiger partial charge in [0.1, 0.15) is 10.2 Å². The van der Waals surface area contributed by atoms with Crippen molar-refractivity contribution in [3.05, 3.63) is 45.3 Å². The minimum Gasteiger partial charge on any atom is -0.426 e. The highest BCUT2D eigenvalue weighted by atomic mass is 35.5. The summed E-state index contributed by atoms with van der Waals surface area (Å²) in [5, 5.41) is 0.236. The number of hydrogen-bond acceptors (Lipinski definition) is 5. The van der Waals surface area contributed by atoms with E-state index in [1.54, 1.807) is 36.4 Å². The van der Waals surface area contributed by atoms with Crippen molar-refractivity contribution in [2.24, 2.45) is 28.0 Å². The Labute approximate surface area is 165 Å². The van der Waals surface area contributed by atoms with Gasteiger partial charge < -0.3 is 10.5 Å². The summed E-state index contributed by atoms with van der Waals surface area (Å²) in [5.41, 5.74) is 6.06. The van der Waals surface area contributed by atoms with Crippen LogP contribution >= 0.6 is 35.0 Å². The van der Waals surface area contributed by atoms with Gasteiger partial charge in [-0.2, -0.15) is 4.99 Å². The number of hydrogen-bond donors (Lipinski definition) is 1. The van der Waals surface area contributed by atoms with Gasteiger partial charge in [0.05, 0.1) is 10.8 Å². The lowest BCUT2D eigenvalue weighted by Gasteiger charge is -2.05. The van der Waals surface area contributed by atoms with Crippen molar-refractivity contribution in [3.63, 3.8) is 0 Å². The second kappa shape index (κ2) is 7.10. The van der Waals surface area contributed by atoms with Crippen LogP contribution in [0.5, 0.6) is 5.75 Å². The summed E-state index contributed by atoms with van der Waals surface area (Å²) in [7, 11) is 0. The molecular weight excluding hydrogens is 395 g/mol. The zero-order valence-corrected chi connectivity index (χ0v) is 16.4. The van der Waals surface area contributed by atoms with Crippen molar-refractivity contribution in [1.82, 2.24) is 0 Å². The monoisotopic (exact) mass is 410 g/mol. The molecule has 2 aliphatic rings. The van der Waals surface area contributed by atoms with Gasteiger partial charge in [0.2, 0.25) is 0 Å². The molecule has 1 saturated carbocycles. The molecule has 1 heterocycles. The first-order chi connectivity index (χ1) is 12.2. The van der Waals surface area contributed by atoms with Gasteiger partial charge >= 0.3 is 5.97 Å². The lowest BCUT2D eigenvalue weighted by molar-refractivity contribution is -0.136. The maximum atomic E-state index is 12.4. The summed E-state index contributed by atoms with van der Waals surface area (Å²) in [6.45, 7) is 3.94. The van der Waals surface area contributed by atoms with Crippen LogP contribution in [-0.4, -0.2) is 17.0 Å². The minimum atomic E-state index is -0.351. The molecule has 1 fully saturated rings. The number of carbonyl (C=O) groups is 2. The molecule has 1 aromatic carbocycles. The summed E-state index contributed by atoms with van der Waals surface area (Å²) in [5.74, 6) is -0.569. The smallest absolute Gasteiger partial charge is 0.315 e. The molecule has 0 saturated heterocycles. The molecule has 2 N–H and O–H groups in total. The van der Waals surface area contributed by atoms with Crippen molar-refractivity contribution in [3.8, 4) is 5.75 Å². The quantitative estimate of drug-likeness (QED) is 0.458. The number of rotatable bonds is 4. The largest absolute Gasteiger partial charge is 0.426 e. The van der Waals surface area contributed by atoms with Crippen LogP contribution in [0.4, 0.5) is 0 Å². The van der Waals surface area contributed by atoms with Crippen LogP contribution in [-0.2, 0) is 9.59 Å². The number of carbonyl (C=O) groups excluding carboxylic acids is 2. The molecule has 1 amide bonds. The van der Waals surface area contributed by atoms with Crippen LogP contribution in [0, 0.1) is 17.3 Å². The Hall–Kier alpha value is -1.76. The first kappa shape index (κ1) is 19.0. The van der Waals surface area contributed by atoms with Gasteiger partial charge in [-0.05, 0) is 52.9 Å². The van der Waals surface area contributed by atoms with E-state index in [4.69, 9.17) is 33.7 Å². The third-order valence-electron chi connectivity index (χ3n) is 4.50. The van der Waals surface area contributed by atoms with Gasteiger partial charge in [-0.25, -0.2) is 0 Å². The highest BCUT2D eigenvalue weighted by Crippen LogP contribution is 2.60. The summed E-state index contributed by atoms with van der Waals surface area (Å²) in [6.07, 6.45) is 3.36. The molecule has 1 aromatic rings. The molecule has 0 radical (unpaired) electrons. The van der Waals surface area contributed by atoms with Gasteiger partial charge in [0.15, 0.2) is 5.17 Å². The van der Waals surface area contributed by atoms with Crippen molar-refractivity contribution in [1.29, 1.82) is 0 Å². The van der Waals surface area contributed by atoms with Crippen LogP contribution in [0.3, 0.4) is 0 Å². The summed E-state index contributed by atoms with van der Waals surface area (Å²) in [4.78, 5) is 28.1. The molecule has 5 nitrogen and oxygen atoms in total. The van der Waals surface area contributed by atoms with Gasteiger partial charge in [-0.15, -0.1) is 0 Å². The Balaban J connectivity index is 1.65. The van der Waals surface area contributed by atoms with E-state index in [2.05, 4.69) is 4.99 Å². The molecule has 1 aliphatic carbocycles. The molecule has 1 aliphatic heterocycles. The zero-order chi connectivity index (χ0) is 19.1. The molecule has 136 valence electrons. The number of thioether (sulfide) groups is 1. The fraction of sp³-hybridized carbons (Fsp3) is 0.278. The molecule has 3 rings (SSSR count). The Bertz CT molecular complexity index is 856. The number of esters is 1. The standard InChI is InChI=1S/C18H16Cl2N2O3S/c1-18(2)11(8-13(19)20)14(18)16(24)25-10-5-3-9(4-6-10)7-12-15(23)22-17(21)26-12/h3-8,11,14H,1-2H3,(H2,21,22,23)/b12-7+/t11-,14+/m0/s1. The first-order valence-corrected chi connectivity index (χ1v) is 9.38. The van der Waals surface area contributed by atoms with E-state index in [9.17, 15) is 9.59 Å². The molecule has 26 heavy (non-hydrogen) atoms. The van der Waals surface area contributed by atoms with Gasteiger partial charge in [-0.3, -0.25) is 9.59 Å². The van der Waals surface area contributed by atoms with Crippen molar-refractivity contribution in [2.45, 2.75) is 13.8 Å². The predicted octanol–water partition coefficient (Wildman–Crippen LogP) is 4.11. The maximum absolute atomic E-state index is 12.4. The number of nitrogens with zero attached hydrogens (tertiary/aromatic N) is 1. The number of nitrogens with two attached hydrogens (primary N) is 1. The molecule has 2 atom stereocenters. The van der Waals surface area contributed by atoms with E-state index in [0.717, 1.165) is 17.3 Å². The number of aliphatic imine (C=N–C) groups is 1. The van der Waals surface area contributed by atoms with Gasteiger partial charge in [0, 0.05) is 0 Å². The van der Waals surface area contributed by atoms with Crippen molar-refractivity contribution in [2.75, 3.05) is 0 Å². The summed E-state index contributed by atoms with van der Waals surface area (Å²) in [6, 6.07) is 6.85. The number of allylic oxidation sites excluding steroid dienone is 1. The first-order valence-electron chi connectivity index (χ1n) is 7.81. The van der Waals surface area contributed by atoms with E-state index >= 15 is 0 Å². The third kappa shape index (κ3) is 3.98. The highest BCUT2D eigenvalue weighted by molar-refractivity contribution is 8.18. The van der Waals surface area contributed by atoms with Crippen LogP contribution in [0.15, 0.2) is 44.7 Å². The second-order valence-electron chi connectivity index (χ2n) is 6.64. The van der Waals surface area contributed by atoms with Crippen LogP contribution < -0.4 is 10.5 Å². The Morgan fingerprint density at radius 3 is 2.50 bits per heavy atom. The molecule has 0 aromatic heterocycles. The Morgan fingerprint density at radius 1 is 1.31 bits per heavy atom. The van der Waals surface area contributed by atoms with E-state index in [1.165, 1.54) is 0 Å². The number of ether oxygens (including phenoxy) is 1. The molecule has 8 heteroatoms. The van der Waals surface area contributed by atoms with E-state index in [0.29, 0.717) is 10.7 Å². The minimum absolute atomic E-state index is 0.0418. The number of amidine groups is 1. The topological polar surface area (TPSA) is 81.8 Å². The van der Waals surface area contributed by atoms with Gasteiger partial charge in [0.25, 0.3) is 5.91 Å². The number of amides is 1. The molecule has 0 bridgehead atoms. The number of halogens is 2. The predicted molar refractivity (Wildman–Crippen MR) is 105 cm³/mol. The Kier molecular flexibility index (Phi) is 5.19. The zero-order valence-electron chi connectivity index (χ0n) is 14.0. The summed E-state index contributed by atoms with van der Waals surface area (Å²) < 4.78 is 5.61.